The van der Waals surface area contributed by atoms with Crippen molar-refractivity contribution in [3.8, 4) is 0 Å². The maximum atomic E-state index is 11.0. The van der Waals surface area contributed by atoms with Crippen LogP contribution in [0.25, 0.3) is 0 Å². The van der Waals surface area contributed by atoms with Gasteiger partial charge in [0, 0.05) is 11.8 Å². The molecule has 0 bridgehead atoms. The van der Waals surface area contributed by atoms with Gasteiger partial charge in [-0.25, -0.2) is 8.42 Å². The van der Waals surface area contributed by atoms with E-state index < -0.39 is 9.84 Å². The summed E-state index contributed by atoms with van der Waals surface area (Å²) < 4.78 is 26.6. The molecule has 0 aromatic heterocycles. The van der Waals surface area contributed by atoms with Crippen LogP contribution in [0.3, 0.4) is 0 Å². The zero-order valence-electron chi connectivity index (χ0n) is 8.86. The molecule has 5 nitrogen and oxygen atoms in total. The molecule has 0 rings (SSSR count). The van der Waals surface area contributed by atoms with E-state index in [9.17, 15) is 13.2 Å². The van der Waals surface area contributed by atoms with Gasteiger partial charge in [-0.05, 0) is 20.0 Å². The van der Waals surface area contributed by atoms with Crippen LogP contribution in [0.2, 0.25) is 0 Å². The molecule has 0 saturated heterocycles. The molecule has 0 aromatic carbocycles. The van der Waals surface area contributed by atoms with Gasteiger partial charge in [0.25, 0.3) is 0 Å². The fraction of sp³-hybridized carbons (Fsp3) is 0.667. The first-order chi connectivity index (χ1) is 7.02. The van der Waals surface area contributed by atoms with E-state index in [4.69, 9.17) is 4.74 Å². The van der Waals surface area contributed by atoms with Crippen molar-refractivity contribution in [2.24, 2.45) is 0 Å². The van der Waals surface area contributed by atoms with Crippen LogP contribution in [-0.4, -0.2) is 40.3 Å². The Balaban J connectivity index is 3.60. The highest BCUT2D eigenvalue weighted by molar-refractivity contribution is 7.94. The second-order valence-corrected chi connectivity index (χ2v) is 5.03. The summed E-state index contributed by atoms with van der Waals surface area (Å²) >= 11 is 0. The Morgan fingerprint density at radius 3 is 2.73 bits per heavy atom. The number of sulfone groups is 1. The minimum Gasteiger partial charge on any atom is -0.465 e. The number of hydrogen-bond acceptors (Lipinski definition) is 5. The molecule has 0 aliphatic carbocycles. The van der Waals surface area contributed by atoms with E-state index in [-0.39, 0.29) is 18.3 Å². The Morgan fingerprint density at radius 2 is 2.20 bits per heavy atom. The number of carbonyl (C=O) groups excluding carboxylic acids is 1. The zero-order valence-corrected chi connectivity index (χ0v) is 9.68. The number of nitrogens with one attached hydrogen (secondary N) is 1. The standard InChI is InChI=1S/C9H17NO4S/c1-3-15(12,13)8-7-14-9(11)5-4-6-10-2/h3,10H,1,4-8H2,2H3. The monoisotopic (exact) mass is 235 g/mol. The van der Waals surface area contributed by atoms with Crippen molar-refractivity contribution in [1.82, 2.24) is 5.32 Å². The molecule has 6 heteroatoms. The van der Waals surface area contributed by atoms with Gasteiger partial charge in [-0.15, -0.1) is 0 Å². The smallest absolute Gasteiger partial charge is 0.305 e. The van der Waals surface area contributed by atoms with Crippen molar-refractivity contribution < 1.29 is 17.9 Å². The lowest BCUT2D eigenvalue weighted by Crippen LogP contribution is -2.15. The highest BCUT2D eigenvalue weighted by Crippen LogP contribution is 1.95. The largest absolute Gasteiger partial charge is 0.465 e. The summed E-state index contributed by atoms with van der Waals surface area (Å²) in [7, 11) is -1.47. The van der Waals surface area contributed by atoms with Gasteiger partial charge < -0.3 is 10.1 Å². The Bertz CT molecular complexity index is 297. The quantitative estimate of drug-likeness (QED) is 0.477. The van der Waals surface area contributed by atoms with E-state index in [1.165, 1.54) is 0 Å². The van der Waals surface area contributed by atoms with E-state index in [1.54, 1.807) is 7.05 Å². The molecule has 0 fully saturated rings. The van der Waals surface area contributed by atoms with Crippen molar-refractivity contribution in [2.75, 3.05) is 26.0 Å². The van der Waals surface area contributed by atoms with Gasteiger partial charge in [0.1, 0.15) is 6.61 Å². The SMILES string of the molecule is C=CS(=O)(=O)CCOC(=O)CCCNC. The third-order valence-corrected chi connectivity index (χ3v) is 2.94. The highest BCUT2D eigenvalue weighted by atomic mass is 32.2. The lowest BCUT2D eigenvalue weighted by molar-refractivity contribution is -0.143. The minimum absolute atomic E-state index is 0.104. The highest BCUT2D eigenvalue weighted by Gasteiger charge is 2.07. The predicted molar refractivity (Wildman–Crippen MR) is 58.1 cm³/mol. The Hall–Kier alpha value is -0.880. The molecule has 0 amide bonds. The Morgan fingerprint density at radius 1 is 1.53 bits per heavy atom. The number of ether oxygens (including phenoxy) is 1. The molecule has 0 radical (unpaired) electrons. The lowest BCUT2D eigenvalue weighted by atomic mass is 10.3. The van der Waals surface area contributed by atoms with E-state index >= 15 is 0 Å². The number of hydrogen-bond donors (Lipinski definition) is 1. The van der Waals surface area contributed by atoms with Gasteiger partial charge in [-0.3, -0.25) is 4.79 Å². The zero-order chi connectivity index (χ0) is 11.7. The number of esters is 1. The first kappa shape index (κ1) is 14.1. The molecule has 0 aromatic rings. The van der Waals surface area contributed by atoms with Crippen LogP contribution in [0.1, 0.15) is 12.8 Å². The van der Waals surface area contributed by atoms with Gasteiger partial charge in [-0.2, -0.15) is 0 Å². The normalized spacial score (nSPS) is 11.0. The maximum Gasteiger partial charge on any atom is 0.305 e. The number of rotatable bonds is 8. The van der Waals surface area contributed by atoms with Crippen molar-refractivity contribution >= 4 is 15.8 Å². The molecular weight excluding hydrogens is 218 g/mol. The molecule has 0 atom stereocenters. The molecule has 1 N–H and O–H groups in total. The van der Waals surface area contributed by atoms with E-state index in [0.29, 0.717) is 12.8 Å². The summed E-state index contributed by atoms with van der Waals surface area (Å²) in [4.78, 5) is 11.0. The van der Waals surface area contributed by atoms with E-state index in [0.717, 1.165) is 12.0 Å². The molecule has 0 heterocycles. The third kappa shape index (κ3) is 8.14. The summed E-state index contributed by atoms with van der Waals surface area (Å²) in [5, 5.41) is 3.76. The average molecular weight is 235 g/mol. The van der Waals surface area contributed by atoms with Crippen LogP contribution in [0.15, 0.2) is 12.0 Å². The maximum absolute atomic E-state index is 11.0. The molecule has 15 heavy (non-hydrogen) atoms. The molecule has 0 saturated carbocycles. The molecule has 0 spiro atoms. The van der Waals surface area contributed by atoms with Crippen molar-refractivity contribution in [3.05, 3.63) is 12.0 Å². The van der Waals surface area contributed by atoms with Crippen LogP contribution in [-0.2, 0) is 19.4 Å². The summed E-state index contributed by atoms with van der Waals surface area (Å²) in [5.41, 5.74) is 0. The number of carbonyl (C=O) groups is 1. The van der Waals surface area contributed by atoms with Crippen LogP contribution < -0.4 is 5.32 Å². The van der Waals surface area contributed by atoms with Gasteiger partial charge in [0.2, 0.25) is 0 Å². The van der Waals surface area contributed by atoms with E-state index in [1.807, 2.05) is 0 Å². The van der Waals surface area contributed by atoms with Gasteiger partial charge in [-0.1, -0.05) is 6.58 Å². The molecule has 88 valence electrons. The van der Waals surface area contributed by atoms with Crippen molar-refractivity contribution in [1.29, 1.82) is 0 Å². The van der Waals surface area contributed by atoms with Crippen molar-refractivity contribution in [3.63, 3.8) is 0 Å². The van der Waals surface area contributed by atoms with Crippen molar-refractivity contribution in [2.45, 2.75) is 12.8 Å². The second kappa shape index (κ2) is 7.42. The van der Waals surface area contributed by atoms with Crippen LogP contribution in [0.4, 0.5) is 0 Å². The molecular formula is C9H17NO4S. The summed E-state index contributed by atoms with van der Waals surface area (Å²) in [6.07, 6.45) is 0.985. The van der Waals surface area contributed by atoms with Crippen LogP contribution in [0, 0.1) is 0 Å². The first-order valence-electron chi connectivity index (χ1n) is 4.67. The van der Waals surface area contributed by atoms with Gasteiger partial charge >= 0.3 is 5.97 Å². The lowest BCUT2D eigenvalue weighted by Gasteiger charge is -2.03. The molecule has 0 unspecified atom stereocenters. The third-order valence-electron chi connectivity index (χ3n) is 1.69. The average Bonchev–Trinajstić information content (AvgIpc) is 2.18. The first-order valence-corrected chi connectivity index (χ1v) is 6.39. The Labute approximate surface area is 90.4 Å². The fourth-order valence-electron chi connectivity index (χ4n) is 0.837. The Kier molecular flexibility index (Phi) is 6.98. The minimum atomic E-state index is -3.27. The van der Waals surface area contributed by atoms with Crippen LogP contribution in [0.5, 0.6) is 0 Å². The van der Waals surface area contributed by atoms with Gasteiger partial charge in [0.05, 0.1) is 5.75 Å². The summed E-state index contributed by atoms with van der Waals surface area (Å²) in [5.74, 6) is -0.571. The second-order valence-electron chi connectivity index (χ2n) is 2.96. The molecule has 0 aliphatic heterocycles. The summed E-state index contributed by atoms with van der Waals surface area (Å²) in [6.45, 7) is 3.79. The predicted octanol–water partition coefficient (Wildman–Crippen LogP) is 0.0875. The van der Waals surface area contributed by atoms with Crippen LogP contribution >= 0.6 is 0 Å². The molecule has 0 aliphatic rings. The topological polar surface area (TPSA) is 72.5 Å². The fourth-order valence-corrected chi connectivity index (χ4v) is 1.32. The van der Waals surface area contributed by atoms with E-state index in [2.05, 4.69) is 11.9 Å². The summed E-state index contributed by atoms with van der Waals surface area (Å²) in [6, 6.07) is 0. The van der Waals surface area contributed by atoms with Gasteiger partial charge in [0.15, 0.2) is 9.84 Å².